The van der Waals surface area contributed by atoms with Gasteiger partial charge in [0.15, 0.2) is 0 Å². The number of hydrazine groups is 2. The molecular weight excluding hydrogens is 334 g/mol. The molecule has 0 saturated carbocycles. The van der Waals surface area contributed by atoms with Crippen molar-refractivity contribution >= 4 is 27.5 Å². The summed E-state index contributed by atoms with van der Waals surface area (Å²) in [6.07, 6.45) is 0.972. The van der Waals surface area contributed by atoms with E-state index in [4.69, 9.17) is 5.73 Å². The highest BCUT2D eigenvalue weighted by Gasteiger charge is 2.06. The third-order valence-electron chi connectivity index (χ3n) is 2.93. The number of anilines is 1. The molecule has 2 unspecified atom stereocenters. The first kappa shape index (κ1) is 17.9. The molecule has 0 aliphatic carbocycles. The minimum atomic E-state index is -0.407. The predicted octanol–water partition coefficient (Wildman–Crippen LogP) is 1.66. The number of nitrogens with one attached hydrogen (secondary N) is 3. The maximum atomic E-state index is 11.0. The number of primary amides is 1. The second kappa shape index (κ2) is 8.99. The van der Waals surface area contributed by atoms with E-state index in [0.717, 1.165) is 18.7 Å². The highest BCUT2D eigenvalue weighted by molar-refractivity contribution is 9.09. The van der Waals surface area contributed by atoms with E-state index in [1.54, 1.807) is 12.1 Å². The summed E-state index contributed by atoms with van der Waals surface area (Å²) >= 11 is 3.40. The van der Waals surface area contributed by atoms with Crippen LogP contribution in [0.2, 0.25) is 0 Å². The van der Waals surface area contributed by atoms with Crippen molar-refractivity contribution in [3.63, 3.8) is 0 Å². The largest absolute Gasteiger partial charge is 0.383 e. The van der Waals surface area contributed by atoms with Crippen LogP contribution in [0.4, 0.5) is 5.69 Å². The third-order valence-corrected chi connectivity index (χ3v) is 3.16. The number of hydrogen-bond donors (Lipinski definition) is 4. The summed E-state index contributed by atoms with van der Waals surface area (Å²) in [7, 11) is 1.98. The maximum Gasteiger partial charge on any atom is 0.248 e. The van der Waals surface area contributed by atoms with Gasteiger partial charge in [0.05, 0.1) is 4.95 Å². The molecule has 0 saturated heterocycles. The van der Waals surface area contributed by atoms with Gasteiger partial charge in [0.1, 0.15) is 0 Å². The standard InChI is InChI=1S/C14H24BrN5O/c1-10(8-9-20(3)19-18-11(2)15)17-13-6-4-12(5-7-13)14(16)21/h4-7,10-11,17-19H,8-9H2,1-3H3,(H2,16,21). The zero-order chi connectivity index (χ0) is 15.8. The Balaban J connectivity index is 2.32. The van der Waals surface area contributed by atoms with Gasteiger partial charge in [-0.2, -0.15) is 5.53 Å². The molecule has 1 amide bonds. The molecule has 0 radical (unpaired) electrons. The highest BCUT2D eigenvalue weighted by Crippen LogP contribution is 2.11. The Morgan fingerprint density at radius 2 is 1.95 bits per heavy atom. The molecule has 0 aliphatic rings. The molecule has 1 aromatic rings. The van der Waals surface area contributed by atoms with Gasteiger partial charge in [0, 0.05) is 30.9 Å². The van der Waals surface area contributed by atoms with E-state index >= 15 is 0 Å². The zero-order valence-electron chi connectivity index (χ0n) is 12.7. The summed E-state index contributed by atoms with van der Waals surface area (Å²) in [6.45, 7) is 5.01. The summed E-state index contributed by atoms with van der Waals surface area (Å²) in [6, 6.07) is 7.51. The number of hydrogen-bond acceptors (Lipinski definition) is 5. The van der Waals surface area contributed by atoms with Crippen LogP contribution in [0.1, 0.15) is 30.6 Å². The molecule has 6 nitrogen and oxygen atoms in total. The topological polar surface area (TPSA) is 82.4 Å². The monoisotopic (exact) mass is 357 g/mol. The van der Waals surface area contributed by atoms with Crippen molar-refractivity contribution < 1.29 is 4.79 Å². The molecule has 7 heteroatoms. The van der Waals surface area contributed by atoms with E-state index in [1.807, 2.05) is 31.1 Å². The molecule has 0 bridgehead atoms. The Hall–Kier alpha value is -1.15. The molecule has 0 heterocycles. The van der Waals surface area contributed by atoms with Gasteiger partial charge in [-0.1, -0.05) is 15.9 Å². The molecule has 21 heavy (non-hydrogen) atoms. The maximum absolute atomic E-state index is 11.0. The molecule has 5 N–H and O–H groups in total. The third kappa shape index (κ3) is 7.42. The van der Waals surface area contributed by atoms with Crippen molar-refractivity contribution in [1.29, 1.82) is 0 Å². The van der Waals surface area contributed by atoms with Crippen LogP contribution in [0.3, 0.4) is 0 Å². The number of amides is 1. The zero-order valence-corrected chi connectivity index (χ0v) is 14.3. The number of rotatable bonds is 9. The second-order valence-electron chi connectivity index (χ2n) is 5.07. The number of carbonyl (C=O) groups excluding carboxylic acids is 1. The number of nitrogens with zero attached hydrogens (tertiary/aromatic N) is 1. The van der Waals surface area contributed by atoms with E-state index in [-0.39, 0.29) is 4.95 Å². The fourth-order valence-corrected chi connectivity index (χ4v) is 1.83. The van der Waals surface area contributed by atoms with Crippen LogP contribution in [0.15, 0.2) is 24.3 Å². The normalized spacial score (nSPS) is 14.0. The predicted molar refractivity (Wildman–Crippen MR) is 90.0 cm³/mol. The van der Waals surface area contributed by atoms with E-state index in [0.29, 0.717) is 11.6 Å². The van der Waals surface area contributed by atoms with Gasteiger partial charge in [-0.15, -0.1) is 0 Å². The Kier molecular flexibility index (Phi) is 7.66. The molecule has 2 atom stereocenters. The summed E-state index contributed by atoms with van der Waals surface area (Å²) in [5.41, 5.74) is 12.9. The number of alkyl halides is 1. The lowest BCUT2D eigenvalue weighted by Crippen LogP contribution is -2.47. The molecule has 118 valence electrons. The summed E-state index contributed by atoms with van der Waals surface area (Å²) in [4.78, 5) is 11.2. The first-order chi connectivity index (χ1) is 9.88. The lowest BCUT2D eigenvalue weighted by atomic mass is 10.1. The molecular formula is C14H24BrN5O. The van der Waals surface area contributed by atoms with Gasteiger partial charge < -0.3 is 11.1 Å². The van der Waals surface area contributed by atoms with E-state index in [1.165, 1.54) is 0 Å². The lowest BCUT2D eigenvalue weighted by molar-refractivity contribution is 0.100. The van der Waals surface area contributed by atoms with Crippen molar-refractivity contribution in [3.8, 4) is 0 Å². The van der Waals surface area contributed by atoms with Crippen molar-refractivity contribution in [3.05, 3.63) is 29.8 Å². The van der Waals surface area contributed by atoms with Crippen LogP contribution in [0, 0.1) is 0 Å². The smallest absolute Gasteiger partial charge is 0.248 e. The van der Waals surface area contributed by atoms with Crippen LogP contribution < -0.4 is 22.0 Å². The Morgan fingerprint density at radius 3 is 2.48 bits per heavy atom. The van der Waals surface area contributed by atoms with Crippen LogP contribution in [-0.2, 0) is 0 Å². The van der Waals surface area contributed by atoms with Gasteiger partial charge in [0.2, 0.25) is 5.91 Å². The number of halogens is 1. The van der Waals surface area contributed by atoms with Crippen LogP contribution in [0.25, 0.3) is 0 Å². The molecule has 1 aromatic carbocycles. The number of nitrogens with two attached hydrogens (primary N) is 1. The first-order valence-electron chi connectivity index (χ1n) is 6.91. The minimum absolute atomic E-state index is 0.208. The average molecular weight is 358 g/mol. The first-order valence-corrected chi connectivity index (χ1v) is 7.83. The van der Waals surface area contributed by atoms with Crippen molar-refractivity contribution in [1.82, 2.24) is 16.0 Å². The van der Waals surface area contributed by atoms with Gasteiger partial charge >= 0.3 is 0 Å². The fourth-order valence-electron chi connectivity index (χ4n) is 1.73. The molecule has 0 spiro atoms. The molecule has 1 rings (SSSR count). The van der Waals surface area contributed by atoms with Crippen molar-refractivity contribution in [2.24, 2.45) is 5.73 Å². The fraction of sp³-hybridized carbons (Fsp3) is 0.500. The van der Waals surface area contributed by atoms with Gasteiger partial charge in [-0.05, 0) is 44.5 Å². The van der Waals surface area contributed by atoms with E-state index in [9.17, 15) is 4.79 Å². The van der Waals surface area contributed by atoms with E-state index in [2.05, 4.69) is 39.1 Å². The van der Waals surface area contributed by atoms with E-state index < -0.39 is 5.91 Å². The molecule has 0 aromatic heterocycles. The van der Waals surface area contributed by atoms with Crippen LogP contribution >= 0.6 is 15.9 Å². The minimum Gasteiger partial charge on any atom is -0.383 e. The van der Waals surface area contributed by atoms with Gasteiger partial charge in [0.25, 0.3) is 0 Å². The summed E-state index contributed by atoms with van der Waals surface area (Å²) in [5.74, 6) is -0.407. The number of carbonyl (C=O) groups is 1. The second-order valence-corrected chi connectivity index (χ2v) is 6.44. The van der Waals surface area contributed by atoms with Crippen LogP contribution in [-0.4, -0.2) is 35.5 Å². The number of benzene rings is 1. The van der Waals surface area contributed by atoms with Gasteiger partial charge in [-0.3, -0.25) is 4.79 Å². The Labute approximate surface area is 134 Å². The highest BCUT2D eigenvalue weighted by atomic mass is 79.9. The van der Waals surface area contributed by atoms with Crippen LogP contribution in [0.5, 0.6) is 0 Å². The Morgan fingerprint density at radius 1 is 1.33 bits per heavy atom. The average Bonchev–Trinajstić information content (AvgIpc) is 2.43. The van der Waals surface area contributed by atoms with Crippen molar-refractivity contribution in [2.75, 3.05) is 18.9 Å². The summed E-state index contributed by atoms with van der Waals surface area (Å²) < 4.78 is 0. The molecule has 0 aliphatic heterocycles. The van der Waals surface area contributed by atoms with Gasteiger partial charge in [-0.25, -0.2) is 10.4 Å². The Bertz CT molecular complexity index is 437. The summed E-state index contributed by atoms with van der Waals surface area (Å²) in [5, 5.41) is 5.38. The SMILES string of the molecule is CC(Br)NNN(C)CCC(C)Nc1ccc(C(N)=O)cc1. The lowest BCUT2D eigenvalue weighted by Gasteiger charge is -2.22. The quantitative estimate of drug-likeness (QED) is 0.307. The molecule has 0 fully saturated rings. The van der Waals surface area contributed by atoms with Crippen molar-refractivity contribution in [2.45, 2.75) is 31.3 Å².